The van der Waals surface area contributed by atoms with Crippen molar-refractivity contribution in [3.05, 3.63) is 35.9 Å². The summed E-state index contributed by atoms with van der Waals surface area (Å²) < 4.78 is 5.43. The Kier molecular flexibility index (Phi) is 7.76. The van der Waals surface area contributed by atoms with Gasteiger partial charge in [0.25, 0.3) is 0 Å². The van der Waals surface area contributed by atoms with Crippen LogP contribution in [0.15, 0.2) is 30.3 Å². The Morgan fingerprint density at radius 1 is 1.16 bits per heavy atom. The van der Waals surface area contributed by atoms with Crippen molar-refractivity contribution in [2.75, 3.05) is 19.6 Å². The minimum atomic E-state index is -0.383. The maximum Gasteiger partial charge on any atom is 0.410 e. The number of benzene rings is 1. The van der Waals surface area contributed by atoms with Gasteiger partial charge in [-0.1, -0.05) is 50.6 Å². The Labute approximate surface area is 150 Å². The summed E-state index contributed by atoms with van der Waals surface area (Å²) in [4.78, 5) is 28.9. The van der Waals surface area contributed by atoms with Crippen LogP contribution >= 0.6 is 0 Å². The van der Waals surface area contributed by atoms with Crippen LogP contribution in [-0.4, -0.2) is 47.5 Å². The SMILES string of the molecule is CCCCN(CCC)C(=O)C1CCCN1C(=O)OCc1ccccc1. The van der Waals surface area contributed by atoms with E-state index >= 15 is 0 Å². The fourth-order valence-electron chi connectivity index (χ4n) is 3.21. The van der Waals surface area contributed by atoms with Gasteiger partial charge in [-0.25, -0.2) is 4.79 Å². The molecule has 0 spiro atoms. The summed E-state index contributed by atoms with van der Waals surface area (Å²) in [6, 6.07) is 9.25. The average molecular weight is 346 g/mol. The van der Waals surface area contributed by atoms with E-state index in [4.69, 9.17) is 4.74 Å². The molecule has 2 rings (SSSR count). The van der Waals surface area contributed by atoms with E-state index in [1.807, 2.05) is 35.2 Å². The van der Waals surface area contributed by atoms with E-state index in [-0.39, 0.29) is 24.6 Å². The minimum Gasteiger partial charge on any atom is -0.445 e. The van der Waals surface area contributed by atoms with Gasteiger partial charge in [0.2, 0.25) is 5.91 Å². The topological polar surface area (TPSA) is 49.9 Å². The second kappa shape index (κ2) is 10.1. The summed E-state index contributed by atoms with van der Waals surface area (Å²) in [5.74, 6) is 0.0736. The molecule has 1 unspecified atom stereocenters. The summed E-state index contributed by atoms with van der Waals surface area (Å²) in [6.07, 6.45) is 4.18. The number of rotatable bonds is 8. The second-order valence-electron chi connectivity index (χ2n) is 6.57. The molecular formula is C20H30N2O3. The molecule has 1 atom stereocenters. The zero-order valence-electron chi connectivity index (χ0n) is 15.4. The van der Waals surface area contributed by atoms with Crippen LogP contribution in [0, 0.1) is 0 Å². The van der Waals surface area contributed by atoms with Crippen molar-refractivity contribution in [1.29, 1.82) is 0 Å². The average Bonchev–Trinajstić information content (AvgIpc) is 3.13. The third kappa shape index (κ3) is 5.48. The van der Waals surface area contributed by atoms with Crippen molar-refractivity contribution in [3.63, 3.8) is 0 Å². The fourth-order valence-corrected chi connectivity index (χ4v) is 3.21. The molecule has 1 aliphatic rings. The lowest BCUT2D eigenvalue weighted by Crippen LogP contribution is -2.48. The quantitative estimate of drug-likeness (QED) is 0.719. The third-order valence-corrected chi connectivity index (χ3v) is 4.56. The molecule has 1 heterocycles. The number of carbonyl (C=O) groups is 2. The molecule has 2 amide bonds. The Hall–Kier alpha value is -2.04. The number of ether oxygens (including phenoxy) is 1. The van der Waals surface area contributed by atoms with Crippen LogP contribution in [0.5, 0.6) is 0 Å². The first kappa shape index (κ1) is 19.3. The molecule has 0 aliphatic carbocycles. The smallest absolute Gasteiger partial charge is 0.410 e. The van der Waals surface area contributed by atoms with Crippen LogP contribution in [0.3, 0.4) is 0 Å². The first-order chi connectivity index (χ1) is 12.2. The van der Waals surface area contributed by atoms with Crippen LogP contribution in [0.4, 0.5) is 4.79 Å². The third-order valence-electron chi connectivity index (χ3n) is 4.56. The van der Waals surface area contributed by atoms with Gasteiger partial charge >= 0.3 is 6.09 Å². The number of hydrogen-bond donors (Lipinski definition) is 0. The molecule has 0 N–H and O–H groups in total. The normalized spacial score (nSPS) is 16.7. The highest BCUT2D eigenvalue weighted by Gasteiger charge is 2.37. The highest BCUT2D eigenvalue weighted by molar-refractivity contribution is 5.86. The highest BCUT2D eigenvalue weighted by Crippen LogP contribution is 2.21. The van der Waals surface area contributed by atoms with Gasteiger partial charge in [-0.2, -0.15) is 0 Å². The van der Waals surface area contributed by atoms with Gasteiger partial charge in [0.05, 0.1) is 0 Å². The van der Waals surface area contributed by atoms with Crippen molar-refractivity contribution in [1.82, 2.24) is 9.80 Å². The van der Waals surface area contributed by atoms with Crippen molar-refractivity contribution in [2.24, 2.45) is 0 Å². The number of carbonyl (C=O) groups excluding carboxylic acids is 2. The summed E-state index contributed by atoms with van der Waals surface area (Å²) in [7, 11) is 0. The monoisotopic (exact) mass is 346 g/mol. The zero-order valence-corrected chi connectivity index (χ0v) is 15.4. The lowest BCUT2D eigenvalue weighted by atomic mass is 10.1. The van der Waals surface area contributed by atoms with Crippen LogP contribution in [0.1, 0.15) is 51.5 Å². The molecule has 138 valence electrons. The molecule has 1 aromatic rings. The van der Waals surface area contributed by atoms with Crippen molar-refractivity contribution in [3.8, 4) is 0 Å². The first-order valence-electron chi connectivity index (χ1n) is 9.43. The molecule has 25 heavy (non-hydrogen) atoms. The van der Waals surface area contributed by atoms with Crippen LogP contribution in [0.2, 0.25) is 0 Å². The predicted molar refractivity (Wildman–Crippen MR) is 98.1 cm³/mol. The maximum atomic E-state index is 12.9. The lowest BCUT2D eigenvalue weighted by molar-refractivity contribution is -0.135. The maximum absolute atomic E-state index is 12.9. The van der Waals surface area contributed by atoms with Gasteiger partial charge in [0.1, 0.15) is 12.6 Å². The van der Waals surface area contributed by atoms with Gasteiger partial charge in [0, 0.05) is 19.6 Å². The molecule has 1 saturated heterocycles. The van der Waals surface area contributed by atoms with Crippen LogP contribution < -0.4 is 0 Å². The van der Waals surface area contributed by atoms with Crippen molar-refractivity contribution in [2.45, 2.75) is 58.6 Å². The summed E-state index contributed by atoms with van der Waals surface area (Å²) >= 11 is 0. The largest absolute Gasteiger partial charge is 0.445 e. The van der Waals surface area contributed by atoms with E-state index in [1.165, 1.54) is 0 Å². The Bertz CT molecular complexity index is 547. The Morgan fingerprint density at radius 3 is 2.60 bits per heavy atom. The van der Waals surface area contributed by atoms with E-state index in [1.54, 1.807) is 4.90 Å². The predicted octanol–water partition coefficient (Wildman–Crippen LogP) is 3.83. The Balaban J connectivity index is 1.95. The molecule has 1 aliphatic heterocycles. The minimum absolute atomic E-state index is 0.0736. The van der Waals surface area contributed by atoms with Crippen LogP contribution in [0.25, 0.3) is 0 Å². The summed E-state index contributed by atoms with van der Waals surface area (Å²) in [6.45, 7) is 6.56. The number of unbranched alkanes of at least 4 members (excludes halogenated alkanes) is 1. The standard InChI is InChI=1S/C20H30N2O3/c1-3-5-14-21(13-4-2)19(23)18-12-9-15-22(18)20(24)25-16-17-10-7-6-8-11-17/h6-8,10-11,18H,3-5,9,12-16H2,1-2H3. The number of amides is 2. The molecule has 0 saturated carbocycles. The van der Waals surface area contributed by atoms with Crippen molar-refractivity contribution >= 4 is 12.0 Å². The molecule has 0 aromatic heterocycles. The molecule has 5 heteroatoms. The number of nitrogens with zero attached hydrogens (tertiary/aromatic N) is 2. The number of hydrogen-bond acceptors (Lipinski definition) is 3. The number of likely N-dealkylation sites (tertiary alicyclic amines) is 1. The zero-order chi connectivity index (χ0) is 18.1. The molecule has 5 nitrogen and oxygen atoms in total. The van der Waals surface area contributed by atoms with E-state index in [9.17, 15) is 9.59 Å². The van der Waals surface area contributed by atoms with Gasteiger partial charge in [-0.05, 0) is 31.2 Å². The van der Waals surface area contributed by atoms with Gasteiger partial charge in [-0.3, -0.25) is 9.69 Å². The summed E-state index contributed by atoms with van der Waals surface area (Å²) in [5.41, 5.74) is 0.952. The van der Waals surface area contributed by atoms with Gasteiger partial charge in [-0.15, -0.1) is 0 Å². The Morgan fingerprint density at radius 2 is 1.92 bits per heavy atom. The van der Waals surface area contributed by atoms with E-state index < -0.39 is 0 Å². The van der Waals surface area contributed by atoms with Gasteiger partial charge < -0.3 is 9.64 Å². The van der Waals surface area contributed by atoms with Crippen molar-refractivity contribution < 1.29 is 14.3 Å². The molecule has 1 aromatic carbocycles. The van der Waals surface area contributed by atoms with E-state index in [2.05, 4.69) is 13.8 Å². The van der Waals surface area contributed by atoms with Crippen LogP contribution in [-0.2, 0) is 16.1 Å². The van der Waals surface area contributed by atoms with E-state index in [0.29, 0.717) is 6.54 Å². The second-order valence-corrected chi connectivity index (χ2v) is 6.57. The summed E-state index contributed by atoms with van der Waals surface area (Å²) in [5, 5.41) is 0. The molecule has 0 bridgehead atoms. The fraction of sp³-hybridized carbons (Fsp3) is 0.600. The molecule has 0 radical (unpaired) electrons. The lowest BCUT2D eigenvalue weighted by Gasteiger charge is -2.29. The first-order valence-corrected chi connectivity index (χ1v) is 9.43. The highest BCUT2D eigenvalue weighted by atomic mass is 16.6. The van der Waals surface area contributed by atoms with Gasteiger partial charge in [0.15, 0.2) is 0 Å². The molecular weight excluding hydrogens is 316 g/mol. The van der Waals surface area contributed by atoms with E-state index in [0.717, 1.165) is 50.8 Å². The molecule has 1 fully saturated rings.